The van der Waals surface area contributed by atoms with Crippen LogP contribution in [0.4, 0.5) is 26.3 Å². The highest BCUT2D eigenvalue weighted by molar-refractivity contribution is 5.98. The van der Waals surface area contributed by atoms with Gasteiger partial charge in [-0.2, -0.15) is 26.3 Å². The quantitative estimate of drug-likeness (QED) is 0.215. The molecule has 5 aromatic rings. The zero-order valence-electron chi connectivity index (χ0n) is 20.7. The third-order valence-corrected chi connectivity index (χ3v) is 6.72. The Bertz CT molecular complexity index is 1600. The average Bonchev–Trinajstić information content (AvgIpc) is 3.40. The molecule has 0 aliphatic rings. The molecule has 4 aromatic carbocycles. The van der Waals surface area contributed by atoms with Crippen LogP contribution in [0, 0.1) is 0 Å². The summed E-state index contributed by atoms with van der Waals surface area (Å²) in [6.45, 7) is 0. The topological polar surface area (TPSA) is 42.2 Å². The molecule has 1 amide bonds. The zero-order valence-corrected chi connectivity index (χ0v) is 20.7. The summed E-state index contributed by atoms with van der Waals surface area (Å²) < 4.78 is 88.2. The lowest BCUT2D eigenvalue weighted by Crippen LogP contribution is -2.49. The van der Waals surface area contributed by atoms with Crippen molar-refractivity contribution in [1.82, 2.24) is 5.32 Å². The van der Waals surface area contributed by atoms with E-state index in [0.717, 1.165) is 24.3 Å². The molecule has 0 aliphatic carbocycles. The molecule has 0 radical (unpaired) electrons. The van der Waals surface area contributed by atoms with Crippen molar-refractivity contribution in [3.05, 3.63) is 143 Å². The van der Waals surface area contributed by atoms with Crippen molar-refractivity contribution in [1.29, 1.82) is 0 Å². The molecule has 0 saturated carbocycles. The lowest BCUT2D eigenvalue weighted by atomic mass is 9.76. The van der Waals surface area contributed by atoms with E-state index in [2.05, 4.69) is 5.32 Å². The summed E-state index contributed by atoms with van der Waals surface area (Å²) in [5.41, 5.74) is -2.60. The second-order valence-corrected chi connectivity index (χ2v) is 9.35. The second-order valence-electron chi connectivity index (χ2n) is 9.35. The molecule has 204 valence electrons. The number of fused-ring (bicyclic) bond motifs is 1. The Morgan fingerprint density at radius 1 is 0.650 bits per heavy atom. The van der Waals surface area contributed by atoms with Gasteiger partial charge in [-0.05, 0) is 65.2 Å². The van der Waals surface area contributed by atoms with Gasteiger partial charge in [0.05, 0.1) is 22.9 Å². The summed E-state index contributed by atoms with van der Waals surface area (Å²) in [7, 11) is 0. The number of carbonyl (C=O) groups is 1. The first-order valence-corrected chi connectivity index (χ1v) is 12.1. The normalized spacial score (nSPS) is 12.4. The van der Waals surface area contributed by atoms with Crippen LogP contribution in [0.2, 0.25) is 0 Å². The maximum absolute atomic E-state index is 13.8. The Morgan fingerprint density at radius 3 is 1.80 bits per heavy atom. The van der Waals surface area contributed by atoms with E-state index in [9.17, 15) is 31.1 Å². The molecule has 9 heteroatoms. The Hall–Kier alpha value is -4.53. The van der Waals surface area contributed by atoms with E-state index >= 15 is 0 Å². The number of nitrogens with one attached hydrogen (secondary N) is 1. The Balaban J connectivity index is 1.75. The van der Waals surface area contributed by atoms with Crippen molar-refractivity contribution in [2.75, 3.05) is 0 Å². The fraction of sp³-hybridized carbons (Fsp3) is 0.129. The van der Waals surface area contributed by atoms with Crippen LogP contribution in [0.1, 0.15) is 38.2 Å². The average molecular weight is 554 g/mol. The first kappa shape index (κ1) is 27.1. The van der Waals surface area contributed by atoms with Crippen LogP contribution in [0.25, 0.3) is 11.0 Å². The summed E-state index contributed by atoms with van der Waals surface area (Å²) in [5.74, 6) is -0.686. The van der Waals surface area contributed by atoms with Crippen molar-refractivity contribution in [3.8, 4) is 0 Å². The van der Waals surface area contributed by atoms with Gasteiger partial charge in [-0.15, -0.1) is 0 Å². The first-order chi connectivity index (χ1) is 19.0. The summed E-state index contributed by atoms with van der Waals surface area (Å²) in [6.07, 6.45) is -8.13. The van der Waals surface area contributed by atoms with Gasteiger partial charge in [-0.1, -0.05) is 54.6 Å². The summed E-state index contributed by atoms with van der Waals surface area (Å²) >= 11 is 0. The molecule has 0 unspecified atom stereocenters. The highest BCUT2D eigenvalue weighted by Gasteiger charge is 2.41. The van der Waals surface area contributed by atoms with Gasteiger partial charge in [-0.3, -0.25) is 4.79 Å². The first-order valence-electron chi connectivity index (χ1n) is 12.1. The van der Waals surface area contributed by atoms with E-state index in [1.807, 2.05) is 0 Å². The van der Waals surface area contributed by atoms with Gasteiger partial charge in [0.1, 0.15) is 5.58 Å². The molecule has 0 atom stereocenters. The number of alkyl halides is 6. The van der Waals surface area contributed by atoms with Crippen LogP contribution in [0.5, 0.6) is 0 Å². The van der Waals surface area contributed by atoms with Gasteiger partial charge in [0.2, 0.25) is 0 Å². The van der Waals surface area contributed by atoms with Crippen LogP contribution in [0.3, 0.4) is 0 Å². The molecular weight excluding hydrogens is 532 g/mol. The van der Waals surface area contributed by atoms with Crippen molar-refractivity contribution in [3.63, 3.8) is 0 Å². The molecule has 3 nitrogen and oxygen atoms in total. The van der Waals surface area contributed by atoms with Crippen LogP contribution in [0.15, 0.2) is 114 Å². The third kappa shape index (κ3) is 5.45. The molecule has 40 heavy (non-hydrogen) atoms. The van der Waals surface area contributed by atoms with Crippen molar-refractivity contribution in [2.24, 2.45) is 0 Å². The van der Waals surface area contributed by atoms with E-state index in [1.165, 1.54) is 36.6 Å². The van der Waals surface area contributed by atoms with Crippen molar-refractivity contribution < 1.29 is 35.6 Å². The number of carbonyl (C=O) groups excluding carboxylic acids is 1. The lowest BCUT2D eigenvalue weighted by Gasteiger charge is -2.37. The Kier molecular flexibility index (Phi) is 6.91. The molecule has 0 fully saturated rings. The molecule has 0 saturated heterocycles. The van der Waals surface area contributed by atoms with E-state index in [-0.39, 0.29) is 23.1 Å². The SMILES string of the molecule is O=C(NC(Cc1ccccc1)(c1cccc(C(F)(F)F)c1)c1cccc(C(F)(F)F)c1)c1ccc2occc2c1. The smallest absolute Gasteiger partial charge is 0.416 e. The predicted molar refractivity (Wildman–Crippen MR) is 137 cm³/mol. The fourth-order valence-electron chi connectivity index (χ4n) is 4.76. The van der Waals surface area contributed by atoms with Gasteiger partial charge in [0, 0.05) is 17.4 Å². The summed E-state index contributed by atoms with van der Waals surface area (Å²) in [4.78, 5) is 13.7. The van der Waals surface area contributed by atoms with Crippen molar-refractivity contribution >= 4 is 16.9 Å². The van der Waals surface area contributed by atoms with Gasteiger partial charge in [0.25, 0.3) is 5.91 Å². The number of hydrogen-bond donors (Lipinski definition) is 1. The highest BCUT2D eigenvalue weighted by atomic mass is 19.4. The van der Waals surface area contributed by atoms with Gasteiger partial charge < -0.3 is 9.73 Å². The molecule has 1 aromatic heterocycles. The van der Waals surface area contributed by atoms with Crippen LogP contribution in [-0.2, 0) is 24.3 Å². The summed E-state index contributed by atoms with van der Waals surface area (Å²) in [5, 5.41) is 3.45. The number of benzene rings is 4. The van der Waals surface area contributed by atoms with E-state index in [4.69, 9.17) is 4.42 Å². The second kappa shape index (κ2) is 10.2. The minimum Gasteiger partial charge on any atom is -0.464 e. The monoisotopic (exact) mass is 553 g/mol. The molecule has 1 N–H and O–H groups in total. The molecule has 5 rings (SSSR count). The largest absolute Gasteiger partial charge is 0.464 e. The van der Waals surface area contributed by atoms with Gasteiger partial charge in [-0.25, -0.2) is 0 Å². The maximum Gasteiger partial charge on any atom is 0.416 e. The molecule has 0 spiro atoms. The van der Waals surface area contributed by atoms with E-state index < -0.39 is 34.9 Å². The van der Waals surface area contributed by atoms with Gasteiger partial charge >= 0.3 is 12.4 Å². The third-order valence-electron chi connectivity index (χ3n) is 6.72. The zero-order chi connectivity index (χ0) is 28.5. The Morgan fingerprint density at radius 2 is 1.23 bits per heavy atom. The fourth-order valence-corrected chi connectivity index (χ4v) is 4.76. The molecular formula is C31H21F6NO2. The van der Waals surface area contributed by atoms with Gasteiger partial charge in [0.15, 0.2) is 0 Å². The Labute approximate surface area is 225 Å². The molecule has 1 heterocycles. The molecule has 0 bridgehead atoms. The minimum absolute atomic E-state index is 0.0248. The maximum atomic E-state index is 13.8. The number of furan rings is 1. The lowest BCUT2D eigenvalue weighted by molar-refractivity contribution is -0.138. The standard InChI is InChI=1S/C31H21F6NO2/c32-30(33,34)25-10-4-8-23(17-25)29(19-20-6-2-1-3-7-20,24-9-5-11-26(18-24)31(35,36)37)38-28(39)22-12-13-27-21(16-22)14-15-40-27/h1-18H,19H2,(H,38,39). The predicted octanol–water partition coefficient (Wildman–Crippen LogP) is 8.39. The van der Waals surface area contributed by atoms with E-state index in [1.54, 1.807) is 48.5 Å². The number of halogens is 6. The van der Waals surface area contributed by atoms with Crippen LogP contribution >= 0.6 is 0 Å². The van der Waals surface area contributed by atoms with E-state index in [0.29, 0.717) is 16.5 Å². The minimum atomic E-state index is -4.72. The van der Waals surface area contributed by atoms with Crippen LogP contribution in [-0.4, -0.2) is 5.91 Å². The number of amides is 1. The number of rotatable bonds is 6. The highest BCUT2D eigenvalue weighted by Crippen LogP contribution is 2.40. The number of hydrogen-bond acceptors (Lipinski definition) is 2. The van der Waals surface area contributed by atoms with Crippen molar-refractivity contribution in [2.45, 2.75) is 24.3 Å². The summed E-state index contributed by atoms with van der Waals surface area (Å²) in [6, 6.07) is 23.3. The van der Waals surface area contributed by atoms with Crippen LogP contribution < -0.4 is 5.32 Å². The molecule has 0 aliphatic heterocycles.